The van der Waals surface area contributed by atoms with Crippen molar-refractivity contribution in [1.29, 1.82) is 5.26 Å². The molecular weight excluding hydrogens is 370 g/mol. The van der Waals surface area contributed by atoms with Gasteiger partial charge in [0.25, 0.3) is 0 Å². The molecule has 0 aliphatic rings. The second kappa shape index (κ2) is 8.96. The molecule has 0 heterocycles. The third kappa shape index (κ3) is 6.24. The van der Waals surface area contributed by atoms with Crippen LogP contribution in [0, 0.1) is 11.3 Å². The molecule has 0 spiro atoms. The van der Waals surface area contributed by atoms with E-state index in [0.717, 1.165) is 24.0 Å². The first kappa shape index (κ1) is 24.0. The van der Waals surface area contributed by atoms with Crippen molar-refractivity contribution < 1.29 is 13.5 Å². The fourth-order valence-electron chi connectivity index (χ4n) is 2.92. The number of nitriles is 1. The lowest BCUT2D eigenvalue weighted by atomic mass is 9.78. The minimum absolute atomic E-state index is 0.0590. The van der Waals surface area contributed by atoms with Gasteiger partial charge in [-0.1, -0.05) is 47.6 Å². The van der Waals surface area contributed by atoms with Gasteiger partial charge in [-0.2, -0.15) is 5.26 Å². The van der Waals surface area contributed by atoms with Gasteiger partial charge in [0.2, 0.25) is 0 Å². The average Bonchev–Trinajstić information content (AvgIpc) is 2.55. The van der Waals surface area contributed by atoms with Crippen molar-refractivity contribution in [2.75, 3.05) is 5.75 Å². The van der Waals surface area contributed by atoms with Gasteiger partial charge < -0.3 is 5.11 Å². The van der Waals surface area contributed by atoms with Crippen molar-refractivity contribution in [2.24, 2.45) is 0 Å². The van der Waals surface area contributed by atoms with Crippen LogP contribution in [0.25, 0.3) is 6.08 Å². The number of hydrogen-bond acceptors (Lipinski definition) is 4. The van der Waals surface area contributed by atoms with Crippen LogP contribution >= 0.6 is 0 Å². The predicted octanol–water partition coefficient (Wildman–Crippen LogP) is 5.62. The highest BCUT2D eigenvalue weighted by Gasteiger charge is 2.27. The Hall–Kier alpha value is -2.06. The Morgan fingerprint density at radius 2 is 1.61 bits per heavy atom. The van der Waals surface area contributed by atoms with Crippen molar-refractivity contribution in [3.05, 3.63) is 46.4 Å². The second-order valence-corrected chi connectivity index (χ2v) is 11.3. The summed E-state index contributed by atoms with van der Waals surface area (Å²) in [4.78, 5) is -0.239. The number of phenols is 1. The van der Waals surface area contributed by atoms with E-state index in [2.05, 4.69) is 6.58 Å². The first-order valence-corrected chi connectivity index (χ1v) is 11.2. The van der Waals surface area contributed by atoms with E-state index < -0.39 is 9.84 Å². The molecule has 0 saturated heterocycles. The molecule has 154 valence electrons. The summed E-state index contributed by atoms with van der Waals surface area (Å²) in [6, 6.07) is 5.40. The van der Waals surface area contributed by atoms with Gasteiger partial charge in [-0.15, -0.1) is 6.58 Å². The zero-order valence-electron chi connectivity index (χ0n) is 18.0. The van der Waals surface area contributed by atoms with E-state index in [9.17, 15) is 18.8 Å². The summed E-state index contributed by atoms with van der Waals surface area (Å²) in [5, 5.41) is 20.3. The SMILES string of the molecule is C=CCCCCS(=O)(=O)/C(C#N)=C/c1cc(C(C)(C)C)c(O)c(C(C)(C)C)c1. The van der Waals surface area contributed by atoms with Crippen LogP contribution in [-0.2, 0) is 20.7 Å². The summed E-state index contributed by atoms with van der Waals surface area (Å²) >= 11 is 0. The summed E-state index contributed by atoms with van der Waals surface area (Å²) in [5.74, 6) is 0.166. The van der Waals surface area contributed by atoms with Crippen LogP contribution < -0.4 is 0 Å². The maximum absolute atomic E-state index is 12.6. The van der Waals surface area contributed by atoms with E-state index in [1.54, 1.807) is 18.2 Å². The molecule has 0 aliphatic heterocycles. The Kier molecular flexibility index (Phi) is 7.67. The fraction of sp³-hybridized carbons (Fsp3) is 0.522. The van der Waals surface area contributed by atoms with Gasteiger partial charge >= 0.3 is 0 Å². The van der Waals surface area contributed by atoms with Crippen LogP contribution in [-0.4, -0.2) is 19.3 Å². The smallest absolute Gasteiger partial charge is 0.188 e. The molecule has 28 heavy (non-hydrogen) atoms. The van der Waals surface area contributed by atoms with Crippen LogP contribution in [0.2, 0.25) is 0 Å². The Balaban J connectivity index is 3.49. The molecule has 0 amide bonds. The number of hydrogen-bond donors (Lipinski definition) is 1. The van der Waals surface area contributed by atoms with E-state index in [1.165, 1.54) is 6.08 Å². The standard InChI is InChI=1S/C23H33NO3S/c1-8-9-10-11-12-28(26,27)18(16-24)13-17-14-19(22(2,3)4)21(25)20(15-17)23(5,6)7/h8,13-15,25H,1,9-12H2,2-7H3/b18-13+. The lowest BCUT2D eigenvalue weighted by molar-refractivity contribution is 0.423. The topological polar surface area (TPSA) is 78.2 Å². The molecule has 0 aromatic heterocycles. The molecule has 4 nitrogen and oxygen atoms in total. The van der Waals surface area contributed by atoms with Crippen molar-refractivity contribution in [2.45, 2.75) is 71.6 Å². The van der Waals surface area contributed by atoms with E-state index in [1.807, 2.05) is 47.6 Å². The third-order valence-electron chi connectivity index (χ3n) is 4.56. The van der Waals surface area contributed by atoms with Gasteiger partial charge in [-0.25, -0.2) is 8.42 Å². The number of phenolic OH excluding ortho intramolecular Hbond substituents is 1. The number of nitrogens with zero attached hydrogens (tertiary/aromatic N) is 1. The van der Waals surface area contributed by atoms with Crippen LogP contribution in [0.15, 0.2) is 29.7 Å². The molecular formula is C23H33NO3S. The minimum atomic E-state index is -3.65. The molecule has 0 unspecified atom stereocenters. The van der Waals surface area contributed by atoms with Gasteiger partial charge in [0.15, 0.2) is 9.84 Å². The van der Waals surface area contributed by atoms with E-state index >= 15 is 0 Å². The van der Waals surface area contributed by atoms with Crippen LogP contribution in [0.4, 0.5) is 0 Å². The largest absolute Gasteiger partial charge is 0.507 e. The molecule has 0 aliphatic carbocycles. The number of allylic oxidation sites excluding steroid dienone is 2. The van der Waals surface area contributed by atoms with Gasteiger partial charge in [-0.05, 0) is 53.9 Å². The highest BCUT2D eigenvalue weighted by molar-refractivity contribution is 7.95. The van der Waals surface area contributed by atoms with Gasteiger partial charge in [0, 0.05) is 11.1 Å². The lowest BCUT2D eigenvalue weighted by Crippen LogP contribution is -2.17. The first-order valence-electron chi connectivity index (χ1n) is 9.57. The van der Waals surface area contributed by atoms with Gasteiger partial charge in [0.05, 0.1) is 5.75 Å². The van der Waals surface area contributed by atoms with Crippen molar-refractivity contribution >= 4 is 15.9 Å². The predicted molar refractivity (Wildman–Crippen MR) is 117 cm³/mol. The summed E-state index contributed by atoms with van der Waals surface area (Å²) in [5.41, 5.74) is 1.41. The first-order chi connectivity index (χ1) is 12.7. The lowest BCUT2D eigenvalue weighted by Gasteiger charge is -2.28. The number of unbranched alkanes of at least 4 members (excludes halogenated alkanes) is 2. The molecule has 0 bridgehead atoms. The van der Waals surface area contributed by atoms with Crippen LogP contribution in [0.5, 0.6) is 5.75 Å². The summed E-state index contributed by atoms with van der Waals surface area (Å²) in [6.07, 6.45) is 5.15. The third-order valence-corrected chi connectivity index (χ3v) is 6.27. The maximum Gasteiger partial charge on any atom is 0.188 e. The number of aromatic hydroxyl groups is 1. The Bertz CT molecular complexity index is 854. The summed E-state index contributed by atoms with van der Waals surface area (Å²) < 4.78 is 25.2. The van der Waals surface area contributed by atoms with Crippen LogP contribution in [0.1, 0.15) is 77.5 Å². The molecule has 1 N–H and O–H groups in total. The maximum atomic E-state index is 12.6. The quantitative estimate of drug-likeness (QED) is 0.364. The fourth-order valence-corrected chi connectivity index (χ4v) is 4.18. The Labute approximate surface area is 170 Å². The highest BCUT2D eigenvalue weighted by Crippen LogP contribution is 2.40. The van der Waals surface area contributed by atoms with Gasteiger partial charge in [-0.3, -0.25) is 0 Å². The molecule has 1 aromatic rings. The molecule has 0 atom stereocenters. The molecule has 0 radical (unpaired) electrons. The Morgan fingerprint density at radius 1 is 1.11 bits per heavy atom. The zero-order valence-corrected chi connectivity index (χ0v) is 18.8. The Morgan fingerprint density at radius 3 is 2.00 bits per heavy atom. The second-order valence-electron chi connectivity index (χ2n) is 9.19. The zero-order chi connectivity index (χ0) is 21.8. The number of rotatable bonds is 7. The minimum Gasteiger partial charge on any atom is -0.507 e. The van der Waals surface area contributed by atoms with E-state index in [-0.39, 0.29) is 27.2 Å². The van der Waals surface area contributed by atoms with Crippen molar-refractivity contribution in [1.82, 2.24) is 0 Å². The van der Waals surface area contributed by atoms with Crippen molar-refractivity contribution in [3.8, 4) is 11.8 Å². The van der Waals surface area contributed by atoms with E-state index in [0.29, 0.717) is 12.0 Å². The summed E-state index contributed by atoms with van der Waals surface area (Å²) in [7, 11) is -3.65. The van der Waals surface area contributed by atoms with Crippen LogP contribution in [0.3, 0.4) is 0 Å². The molecule has 1 rings (SSSR count). The summed E-state index contributed by atoms with van der Waals surface area (Å²) in [6.45, 7) is 15.6. The molecule has 5 heteroatoms. The van der Waals surface area contributed by atoms with Gasteiger partial charge in [0.1, 0.15) is 16.7 Å². The molecule has 0 fully saturated rings. The molecule has 0 saturated carbocycles. The highest BCUT2D eigenvalue weighted by atomic mass is 32.2. The monoisotopic (exact) mass is 403 g/mol. The number of benzene rings is 1. The normalized spacial score (nSPS) is 13.2. The molecule has 1 aromatic carbocycles. The average molecular weight is 404 g/mol. The van der Waals surface area contributed by atoms with Crippen molar-refractivity contribution in [3.63, 3.8) is 0 Å². The van der Waals surface area contributed by atoms with E-state index in [4.69, 9.17) is 0 Å². The number of sulfone groups is 1.